The molecule has 0 radical (unpaired) electrons. The quantitative estimate of drug-likeness (QED) is 0.602. The second-order valence-corrected chi connectivity index (χ2v) is 4.03. The summed E-state index contributed by atoms with van der Waals surface area (Å²) in [5.41, 5.74) is 0.824. The smallest absolute Gasteiger partial charge is 0.257 e. The first-order valence-electron chi connectivity index (χ1n) is 4.26. The lowest BCUT2D eigenvalue weighted by Crippen LogP contribution is -2.17. The highest BCUT2D eigenvalue weighted by molar-refractivity contribution is 7.96. The van der Waals surface area contributed by atoms with Crippen molar-refractivity contribution in [1.29, 1.82) is 0 Å². The molecule has 0 atom stereocenters. The molecule has 2 heterocycles. The first kappa shape index (κ1) is 10.7. The number of hydrogen-bond donors (Lipinski definition) is 0. The fourth-order valence-electron chi connectivity index (χ4n) is 1.18. The van der Waals surface area contributed by atoms with Crippen LogP contribution in [-0.4, -0.2) is 25.2 Å². The van der Waals surface area contributed by atoms with Crippen molar-refractivity contribution in [2.45, 2.75) is 0 Å². The number of aromatic nitrogens is 1. The number of hydrogen-bond acceptors (Lipinski definition) is 6. The molecule has 0 bridgehead atoms. The van der Waals surface area contributed by atoms with Crippen LogP contribution >= 0.6 is 24.1 Å². The third-order valence-corrected chi connectivity index (χ3v) is 2.55. The summed E-state index contributed by atoms with van der Waals surface area (Å²) in [5.74, 6) is 1.16. The summed E-state index contributed by atoms with van der Waals surface area (Å²) in [4.78, 5) is 4.12. The van der Waals surface area contributed by atoms with Gasteiger partial charge < -0.3 is 9.47 Å². The lowest BCUT2D eigenvalue weighted by atomic mass is 10.4. The molecule has 0 amide bonds. The van der Waals surface area contributed by atoms with Crippen LogP contribution in [0.2, 0.25) is 0 Å². The topological polar surface area (TPSA) is 43.8 Å². The van der Waals surface area contributed by atoms with Crippen LogP contribution in [0.5, 0.6) is 11.6 Å². The van der Waals surface area contributed by atoms with Gasteiger partial charge in [0.15, 0.2) is 5.75 Å². The number of halogens is 1. The Morgan fingerprint density at radius 3 is 3.13 bits per heavy atom. The summed E-state index contributed by atoms with van der Waals surface area (Å²) in [7, 11) is 1.81. The van der Waals surface area contributed by atoms with E-state index in [0.717, 1.165) is 17.9 Å². The summed E-state index contributed by atoms with van der Waals surface area (Å²) in [6.07, 6.45) is 1.66. The van der Waals surface area contributed by atoms with Crippen LogP contribution in [0, 0.1) is 0 Å². The molecule has 0 aromatic carbocycles. The zero-order chi connectivity index (χ0) is 10.7. The molecule has 15 heavy (non-hydrogen) atoms. The normalized spacial score (nSPS) is 13.7. The lowest BCUT2D eigenvalue weighted by molar-refractivity contribution is 0.164. The van der Waals surface area contributed by atoms with Gasteiger partial charge in [0.25, 0.3) is 5.88 Å². The number of rotatable bonds is 3. The van der Waals surface area contributed by atoms with Crippen LogP contribution in [0.3, 0.4) is 0 Å². The minimum atomic E-state index is 0.523. The van der Waals surface area contributed by atoms with E-state index in [0.29, 0.717) is 24.8 Å². The van der Waals surface area contributed by atoms with E-state index >= 15 is 0 Å². The Bertz CT molecular complexity index is 353. The predicted octanol–water partition coefficient (Wildman–Crippen LogP) is 2.02. The van der Waals surface area contributed by atoms with E-state index in [1.807, 2.05) is 6.07 Å². The Labute approximate surface area is 96.8 Å². The van der Waals surface area contributed by atoms with Gasteiger partial charge >= 0.3 is 0 Å². The highest BCUT2D eigenvalue weighted by atomic mass is 35.5. The summed E-state index contributed by atoms with van der Waals surface area (Å²) in [6.45, 7) is 1.08. The Hall–Kier alpha value is -0.850. The third-order valence-electron chi connectivity index (χ3n) is 1.89. The highest BCUT2D eigenvalue weighted by Gasteiger charge is 2.15. The van der Waals surface area contributed by atoms with Gasteiger partial charge in [0.2, 0.25) is 0 Å². The first-order valence-corrected chi connectivity index (χ1v) is 5.26. The van der Waals surface area contributed by atoms with E-state index in [1.165, 1.54) is 0 Å². The van der Waals surface area contributed by atoms with Gasteiger partial charge in [-0.15, -0.1) is 0 Å². The molecule has 1 aliphatic rings. The zero-order valence-electron chi connectivity index (χ0n) is 7.97. The molecule has 2 rings (SSSR count). The second-order valence-electron chi connectivity index (χ2n) is 2.83. The maximum absolute atomic E-state index is 5.40. The van der Waals surface area contributed by atoms with E-state index in [2.05, 4.69) is 8.72 Å². The van der Waals surface area contributed by atoms with E-state index in [9.17, 15) is 0 Å². The molecule has 0 fully saturated rings. The Kier molecular flexibility index (Phi) is 3.40. The van der Waals surface area contributed by atoms with E-state index in [1.54, 1.807) is 17.5 Å². The Balaban J connectivity index is 2.20. The van der Waals surface area contributed by atoms with Crippen molar-refractivity contribution >= 4 is 29.8 Å². The van der Waals surface area contributed by atoms with Gasteiger partial charge in [-0.2, -0.15) is 3.74 Å². The van der Waals surface area contributed by atoms with E-state index < -0.39 is 0 Å². The van der Waals surface area contributed by atoms with Crippen molar-refractivity contribution in [3.63, 3.8) is 0 Å². The fourth-order valence-corrected chi connectivity index (χ4v) is 1.70. The van der Waals surface area contributed by atoms with Gasteiger partial charge in [0, 0.05) is 13.1 Å². The monoisotopic (exact) mass is 248 g/mol. The molecular weight excluding hydrogens is 240 g/mol. The van der Waals surface area contributed by atoms with Gasteiger partial charge in [-0.05, 0) is 0 Å². The second kappa shape index (κ2) is 4.78. The van der Waals surface area contributed by atoms with E-state index in [4.69, 9.17) is 21.3 Å². The average Bonchev–Trinajstić information content (AvgIpc) is 2.29. The molecule has 0 saturated heterocycles. The van der Waals surface area contributed by atoms with Crippen LogP contribution in [0.15, 0.2) is 12.3 Å². The molecule has 0 spiro atoms. The molecule has 1 aromatic heterocycles. The summed E-state index contributed by atoms with van der Waals surface area (Å²) >= 11 is 6.13. The standard InChI is InChI=1S/C8H9ClN2O3S/c1-11(15-14-9)6-4-7-8(10-5-6)13-3-2-12-7/h4-5H,2-3H2,1H3. The summed E-state index contributed by atoms with van der Waals surface area (Å²) in [6, 6.07) is 1.82. The predicted molar refractivity (Wildman–Crippen MR) is 58.2 cm³/mol. The molecule has 5 nitrogen and oxygen atoms in total. The van der Waals surface area contributed by atoms with Gasteiger partial charge in [-0.3, -0.25) is 4.31 Å². The van der Waals surface area contributed by atoms with Gasteiger partial charge in [-0.25, -0.2) is 4.98 Å². The molecule has 0 saturated carbocycles. The van der Waals surface area contributed by atoms with Crippen LogP contribution in [0.25, 0.3) is 0 Å². The minimum Gasteiger partial charge on any atom is -0.484 e. The van der Waals surface area contributed by atoms with Crippen LogP contribution in [0.1, 0.15) is 0 Å². The fraction of sp³-hybridized carbons (Fsp3) is 0.375. The minimum absolute atomic E-state index is 0.523. The molecule has 0 N–H and O–H groups in total. The molecule has 0 aliphatic carbocycles. The SMILES string of the molecule is CN(SOCl)c1cnc2c(c1)OCCO2. The van der Waals surface area contributed by atoms with Crippen LogP contribution in [-0.2, 0) is 3.74 Å². The molecule has 1 aromatic rings. The van der Waals surface area contributed by atoms with E-state index in [-0.39, 0.29) is 0 Å². The maximum Gasteiger partial charge on any atom is 0.257 e. The number of ether oxygens (including phenoxy) is 2. The number of anilines is 1. The van der Waals surface area contributed by atoms with Crippen molar-refractivity contribution < 1.29 is 13.2 Å². The molecule has 1 aliphatic heterocycles. The third kappa shape index (κ3) is 2.39. The molecular formula is C8H9ClN2O3S. The molecule has 82 valence electrons. The van der Waals surface area contributed by atoms with Crippen molar-refractivity contribution in [3.05, 3.63) is 12.3 Å². The summed E-state index contributed by atoms with van der Waals surface area (Å²) in [5, 5.41) is 0. The van der Waals surface area contributed by atoms with Gasteiger partial charge in [0.05, 0.1) is 23.8 Å². The number of nitrogens with zero attached hydrogens (tertiary/aromatic N) is 2. The van der Waals surface area contributed by atoms with Crippen molar-refractivity contribution in [3.8, 4) is 11.6 Å². The number of pyridine rings is 1. The number of fused-ring (bicyclic) bond motifs is 1. The summed E-state index contributed by atoms with van der Waals surface area (Å²) < 4.78 is 16.8. The zero-order valence-corrected chi connectivity index (χ0v) is 9.55. The Morgan fingerprint density at radius 2 is 2.33 bits per heavy atom. The molecule has 0 unspecified atom stereocenters. The van der Waals surface area contributed by atoms with Crippen molar-refractivity contribution in [1.82, 2.24) is 4.98 Å². The average molecular weight is 249 g/mol. The van der Waals surface area contributed by atoms with Crippen LogP contribution < -0.4 is 13.8 Å². The maximum atomic E-state index is 5.40. The first-order chi connectivity index (χ1) is 7.31. The van der Waals surface area contributed by atoms with Crippen molar-refractivity contribution in [2.24, 2.45) is 0 Å². The Morgan fingerprint density at radius 1 is 1.53 bits per heavy atom. The van der Waals surface area contributed by atoms with Gasteiger partial charge in [0.1, 0.15) is 25.4 Å². The molecule has 7 heteroatoms. The highest BCUT2D eigenvalue weighted by Crippen LogP contribution is 2.32. The largest absolute Gasteiger partial charge is 0.484 e. The lowest BCUT2D eigenvalue weighted by Gasteiger charge is -2.20. The van der Waals surface area contributed by atoms with Crippen LogP contribution in [0.4, 0.5) is 5.69 Å². The van der Waals surface area contributed by atoms with Gasteiger partial charge in [-0.1, -0.05) is 0 Å². The van der Waals surface area contributed by atoms with Crippen molar-refractivity contribution in [2.75, 3.05) is 24.6 Å².